The highest BCUT2D eigenvalue weighted by Crippen LogP contribution is 2.34. The van der Waals surface area contributed by atoms with Crippen LogP contribution in [-0.4, -0.2) is 23.4 Å². The van der Waals surface area contributed by atoms with Gasteiger partial charge in [0, 0.05) is 18.6 Å². The normalized spacial score (nSPS) is 27.9. The van der Waals surface area contributed by atoms with E-state index in [1.165, 1.54) is 0 Å². The van der Waals surface area contributed by atoms with Gasteiger partial charge in [-0.3, -0.25) is 0 Å². The van der Waals surface area contributed by atoms with Crippen LogP contribution in [0, 0.1) is 0 Å². The molecule has 0 amide bonds. The Labute approximate surface area is 87.5 Å². The fourth-order valence-electron chi connectivity index (χ4n) is 1.68. The van der Waals surface area contributed by atoms with Gasteiger partial charge in [-0.15, -0.1) is 10.2 Å². The molecule has 1 aliphatic heterocycles. The molecule has 1 atom stereocenters. The first-order valence-electron chi connectivity index (χ1n) is 4.85. The van der Waals surface area contributed by atoms with Crippen molar-refractivity contribution in [1.29, 1.82) is 0 Å². The summed E-state index contributed by atoms with van der Waals surface area (Å²) >= 11 is 1.61. The highest BCUT2D eigenvalue weighted by atomic mass is 32.1. The number of hydrogen-bond acceptors (Lipinski definition) is 5. The van der Waals surface area contributed by atoms with Gasteiger partial charge in [0.15, 0.2) is 0 Å². The van der Waals surface area contributed by atoms with Crippen molar-refractivity contribution in [2.75, 3.05) is 13.2 Å². The summed E-state index contributed by atoms with van der Waals surface area (Å²) in [5.41, 5.74) is 5.57. The van der Waals surface area contributed by atoms with E-state index in [0.717, 1.165) is 36.1 Å². The van der Waals surface area contributed by atoms with E-state index in [4.69, 9.17) is 10.5 Å². The summed E-state index contributed by atoms with van der Waals surface area (Å²) in [5, 5.41) is 10.2. The average molecular weight is 213 g/mol. The first-order valence-corrected chi connectivity index (χ1v) is 5.67. The van der Waals surface area contributed by atoms with Crippen LogP contribution >= 0.6 is 11.3 Å². The molecule has 1 fully saturated rings. The third-order valence-electron chi connectivity index (χ3n) is 2.60. The van der Waals surface area contributed by atoms with Crippen LogP contribution in [-0.2, 0) is 16.7 Å². The Balaban J connectivity index is 2.19. The van der Waals surface area contributed by atoms with Gasteiger partial charge < -0.3 is 10.5 Å². The zero-order valence-corrected chi connectivity index (χ0v) is 9.14. The van der Waals surface area contributed by atoms with Crippen LogP contribution in [0.4, 0.5) is 0 Å². The molecule has 0 saturated carbocycles. The average Bonchev–Trinajstić information content (AvgIpc) is 2.67. The van der Waals surface area contributed by atoms with E-state index >= 15 is 0 Å². The smallest absolute Gasteiger partial charge is 0.131 e. The summed E-state index contributed by atoms with van der Waals surface area (Å²) in [6.45, 7) is 4.30. The summed E-state index contributed by atoms with van der Waals surface area (Å²) in [7, 11) is 0. The van der Waals surface area contributed by atoms with Crippen LogP contribution < -0.4 is 5.73 Å². The Bertz CT molecular complexity index is 307. The molecular formula is C9H15N3OS. The van der Waals surface area contributed by atoms with Crippen LogP contribution in [0.2, 0.25) is 0 Å². The minimum atomic E-state index is 0.0589. The van der Waals surface area contributed by atoms with E-state index in [1.54, 1.807) is 11.3 Å². The van der Waals surface area contributed by atoms with Crippen molar-refractivity contribution in [2.45, 2.75) is 31.7 Å². The first kappa shape index (κ1) is 10.0. The summed E-state index contributed by atoms with van der Waals surface area (Å²) < 4.78 is 5.49. The standard InChI is InChI=1S/C9H15N3OS/c1-9(3-2-4-13-6-9)8-12-11-7(5-10)14-8/h2-6,10H2,1H3. The first-order chi connectivity index (χ1) is 6.74. The highest BCUT2D eigenvalue weighted by Gasteiger charge is 2.33. The van der Waals surface area contributed by atoms with Crippen molar-refractivity contribution in [3.05, 3.63) is 10.0 Å². The van der Waals surface area contributed by atoms with E-state index in [1.807, 2.05) is 0 Å². The summed E-state index contributed by atoms with van der Waals surface area (Å²) in [4.78, 5) is 0. The Morgan fingerprint density at radius 2 is 2.43 bits per heavy atom. The second-order valence-corrected chi connectivity index (χ2v) is 4.98. The maximum atomic E-state index is 5.51. The topological polar surface area (TPSA) is 61.0 Å². The number of ether oxygens (including phenoxy) is 1. The number of rotatable bonds is 2. The van der Waals surface area contributed by atoms with E-state index < -0.39 is 0 Å². The maximum absolute atomic E-state index is 5.51. The molecule has 78 valence electrons. The Morgan fingerprint density at radius 1 is 1.57 bits per heavy atom. The quantitative estimate of drug-likeness (QED) is 0.798. The SMILES string of the molecule is CC1(c2nnc(CN)s2)CCCOC1. The summed E-state index contributed by atoms with van der Waals surface area (Å²) in [6.07, 6.45) is 2.24. The number of aromatic nitrogens is 2. The Morgan fingerprint density at radius 3 is 3.00 bits per heavy atom. The van der Waals surface area contributed by atoms with E-state index in [0.29, 0.717) is 6.54 Å². The molecule has 0 spiro atoms. The molecular weight excluding hydrogens is 198 g/mol. The lowest BCUT2D eigenvalue weighted by molar-refractivity contribution is 0.0416. The minimum absolute atomic E-state index is 0.0589. The third kappa shape index (κ3) is 1.80. The highest BCUT2D eigenvalue weighted by molar-refractivity contribution is 7.11. The van der Waals surface area contributed by atoms with Gasteiger partial charge in [-0.05, 0) is 12.8 Å². The van der Waals surface area contributed by atoms with Crippen molar-refractivity contribution < 1.29 is 4.74 Å². The minimum Gasteiger partial charge on any atom is -0.380 e. The fourth-order valence-corrected chi connectivity index (χ4v) is 2.56. The van der Waals surface area contributed by atoms with Crippen molar-refractivity contribution >= 4 is 11.3 Å². The Hall–Kier alpha value is -0.520. The monoisotopic (exact) mass is 213 g/mol. The molecule has 1 unspecified atom stereocenters. The van der Waals surface area contributed by atoms with Gasteiger partial charge in [0.05, 0.1) is 6.61 Å². The molecule has 0 bridgehead atoms. The maximum Gasteiger partial charge on any atom is 0.131 e. The molecule has 2 heterocycles. The van der Waals surface area contributed by atoms with Crippen molar-refractivity contribution in [1.82, 2.24) is 10.2 Å². The van der Waals surface area contributed by atoms with Crippen molar-refractivity contribution in [2.24, 2.45) is 5.73 Å². The molecule has 1 aromatic heterocycles. The van der Waals surface area contributed by atoms with Gasteiger partial charge in [-0.2, -0.15) is 0 Å². The van der Waals surface area contributed by atoms with Crippen LogP contribution in [0.1, 0.15) is 29.8 Å². The predicted molar refractivity (Wildman–Crippen MR) is 55.2 cm³/mol. The second-order valence-electron chi connectivity index (χ2n) is 3.92. The van der Waals surface area contributed by atoms with E-state index in [2.05, 4.69) is 17.1 Å². The predicted octanol–water partition coefficient (Wildman–Crippen LogP) is 1.06. The number of hydrogen-bond donors (Lipinski definition) is 1. The molecule has 1 saturated heterocycles. The van der Waals surface area contributed by atoms with Gasteiger partial charge in [-0.1, -0.05) is 18.3 Å². The van der Waals surface area contributed by atoms with E-state index in [9.17, 15) is 0 Å². The lowest BCUT2D eigenvalue weighted by atomic mass is 9.86. The zero-order valence-electron chi connectivity index (χ0n) is 8.32. The van der Waals surface area contributed by atoms with Crippen LogP contribution in [0.3, 0.4) is 0 Å². The second kappa shape index (κ2) is 3.92. The van der Waals surface area contributed by atoms with E-state index in [-0.39, 0.29) is 5.41 Å². The van der Waals surface area contributed by atoms with Gasteiger partial charge in [0.2, 0.25) is 0 Å². The zero-order chi connectivity index (χ0) is 10.0. The van der Waals surface area contributed by atoms with Crippen molar-refractivity contribution in [3.63, 3.8) is 0 Å². The molecule has 5 heteroatoms. The summed E-state index contributed by atoms with van der Waals surface area (Å²) in [5.74, 6) is 0. The Kier molecular flexibility index (Phi) is 2.80. The number of nitrogens with zero attached hydrogens (tertiary/aromatic N) is 2. The molecule has 0 aromatic carbocycles. The van der Waals surface area contributed by atoms with Crippen molar-refractivity contribution in [3.8, 4) is 0 Å². The molecule has 4 nitrogen and oxygen atoms in total. The van der Waals surface area contributed by atoms with Gasteiger partial charge in [0.1, 0.15) is 10.0 Å². The molecule has 0 aliphatic carbocycles. The lowest BCUT2D eigenvalue weighted by Crippen LogP contribution is -2.32. The molecule has 1 aromatic rings. The van der Waals surface area contributed by atoms with Crippen LogP contribution in [0.15, 0.2) is 0 Å². The molecule has 2 N–H and O–H groups in total. The van der Waals surface area contributed by atoms with Gasteiger partial charge in [0.25, 0.3) is 0 Å². The molecule has 1 aliphatic rings. The molecule has 0 radical (unpaired) electrons. The number of nitrogens with two attached hydrogens (primary N) is 1. The van der Waals surface area contributed by atoms with Crippen LogP contribution in [0.25, 0.3) is 0 Å². The molecule has 2 rings (SSSR count). The summed E-state index contributed by atoms with van der Waals surface area (Å²) in [6, 6.07) is 0. The third-order valence-corrected chi connectivity index (χ3v) is 3.85. The van der Waals surface area contributed by atoms with Gasteiger partial charge in [-0.25, -0.2) is 0 Å². The lowest BCUT2D eigenvalue weighted by Gasteiger charge is -2.30. The molecule has 14 heavy (non-hydrogen) atoms. The largest absolute Gasteiger partial charge is 0.380 e. The fraction of sp³-hybridized carbons (Fsp3) is 0.778. The van der Waals surface area contributed by atoms with Crippen LogP contribution in [0.5, 0.6) is 0 Å². The van der Waals surface area contributed by atoms with Gasteiger partial charge >= 0.3 is 0 Å².